The average molecular weight is 360 g/mol. The molecule has 2 amide bonds. The van der Waals surface area contributed by atoms with Gasteiger partial charge >= 0.3 is 6.03 Å². The molecule has 1 aliphatic rings. The molecule has 7 heteroatoms. The zero-order chi connectivity index (χ0) is 17.5. The molecule has 6 nitrogen and oxygen atoms in total. The van der Waals surface area contributed by atoms with Gasteiger partial charge in [0.05, 0.1) is 11.5 Å². The zero-order valence-corrected chi connectivity index (χ0v) is 15.2. The molecule has 25 heavy (non-hydrogen) atoms. The highest BCUT2D eigenvalue weighted by atomic mass is 32.1. The average Bonchev–Trinajstić information content (AvgIpc) is 3.28. The molecule has 3 rings (SSSR count). The zero-order valence-electron chi connectivity index (χ0n) is 14.4. The van der Waals surface area contributed by atoms with Gasteiger partial charge in [-0.2, -0.15) is 0 Å². The summed E-state index contributed by atoms with van der Waals surface area (Å²) in [4.78, 5) is 19.8. The molecule has 0 spiro atoms. The number of anilines is 1. The fourth-order valence-corrected chi connectivity index (χ4v) is 3.87. The number of ether oxygens (including phenoxy) is 1. The number of rotatable bonds is 7. The van der Waals surface area contributed by atoms with E-state index in [-0.39, 0.29) is 6.03 Å². The molecule has 1 aromatic heterocycles. The van der Waals surface area contributed by atoms with E-state index in [1.807, 2.05) is 30.3 Å². The van der Waals surface area contributed by atoms with Crippen LogP contribution in [0.1, 0.15) is 12.8 Å². The number of nitrogens with one attached hydrogen (secondary N) is 2. The number of hydrogen-bond acceptors (Lipinski definition) is 5. The standard InChI is InChI=1S/C18H24N4O2S/c1-24-11-10-22-9-5-8-15(22)12-19-17(23)21-18-20-13-16(25-18)14-6-3-2-4-7-14/h2-4,6-7,13,15H,5,8-12H2,1H3,(H2,19,20,21,23). The number of likely N-dealkylation sites (tertiary alicyclic amines) is 1. The first-order chi connectivity index (χ1) is 12.3. The van der Waals surface area contributed by atoms with Crippen molar-refractivity contribution in [2.75, 3.05) is 38.7 Å². The third-order valence-electron chi connectivity index (χ3n) is 4.36. The lowest BCUT2D eigenvalue weighted by atomic mass is 10.2. The Bertz CT molecular complexity index is 677. The molecule has 2 heterocycles. The monoisotopic (exact) mass is 360 g/mol. The molecule has 1 saturated heterocycles. The largest absolute Gasteiger partial charge is 0.383 e. The maximum atomic E-state index is 12.1. The molecule has 1 aromatic carbocycles. The lowest BCUT2D eigenvalue weighted by molar-refractivity contribution is 0.140. The number of benzene rings is 1. The Morgan fingerprint density at radius 1 is 1.40 bits per heavy atom. The minimum Gasteiger partial charge on any atom is -0.383 e. The van der Waals surface area contributed by atoms with Gasteiger partial charge in [0, 0.05) is 32.4 Å². The quantitative estimate of drug-likeness (QED) is 0.796. The number of nitrogens with zero attached hydrogens (tertiary/aromatic N) is 2. The van der Waals surface area contributed by atoms with Crippen molar-refractivity contribution in [3.8, 4) is 10.4 Å². The van der Waals surface area contributed by atoms with Gasteiger partial charge in [-0.25, -0.2) is 9.78 Å². The fraction of sp³-hybridized carbons (Fsp3) is 0.444. The molecule has 2 aromatic rings. The number of methoxy groups -OCH3 is 1. The van der Waals surface area contributed by atoms with Gasteiger partial charge in [0.2, 0.25) is 0 Å². The van der Waals surface area contributed by atoms with Crippen LogP contribution in [-0.4, -0.2) is 55.3 Å². The van der Waals surface area contributed by atoms with E-state index in [2.05, 4.69) is 20.5 Å². The Labute approximate surface area is 152 Å². The molecule has 134 valence electrons. The molecule has 0 radical (unpaired) electrons. The first-order valence-electron chi connectivity index (χ1n) is 8.55. The van der Waals surface area contributed by atoms with Gasteiger partial charge in [0.15, 0.2) is 5.13 Å². The summed E-state index contributed by atoms with van der Waals surface area (Å²) in [6.45, 7) is 3.36. The summed E-state index contributed by atoms with van der Waals surface area (Å²) in [6.07, 6.45) is 4.07. The first-order valence-corrected chi connectivity index (χ1v) is 9.37. The predicted molar refractivity (Wildman–Crippen MR) is 101 cm³/mol. The lowest BCUT2D eigenvalue weighted by Gasteiger charge is -2.24. The van der Waals surface area contributed by atoms with E-state index in [9.17, 15) is 4.79 Å². The molecule has 2 N–H and O–H groups in total. The lowest BCUT2D eigenvalue weighted by Crippen LogP contribution is -2.42. The van der Waals surface area contributed by atoms with Crippen molar-refractivity contribution in [2.45, 2.75) is 18.9 Å². The highest BCUT2D eigenvalue weighted by Gasteiger charge is 2.24. The Balaban J connectivity index is 1.47. The Morgan fingerprint density at radius 2 is 2.24 bits per heavy atom. The van der Waals surface area contributed by atoms with Gasteiger partial charge in [-0.15, -0.1) is 0 Å². The van der Waals surface area contributed by atoms with Gasteiger partial charge in [-0.3, -0.25) is 10.2 Å². The second-order valence-corrected chi connectivity index (χ2v) is 7.09. The molecule has 1 atom stereocenters. The maximum Gasteiger partial charge on any atom is 0.321 e. The Morgan fingerprint density at radius 3 is 3.04 bits per heavy atom. The van der Waals surface area contributed by atoms with Crippen LogP contribution < -0.4 is 10.6 Å². The van der Waals surface area contributed by atoms with Crippen molar-refractivity contribution < 1.29 is 9.53 Å². The molecule has 1 unspecified atom stereocenters. The highest BCUT2D eigenvalue weighted by Crippen LogP contribution is 2.28. The second kappa shape index (κ2) is 8.94. The van der Waals surface area contributed by atoms with Crippen LogP contribution in [0.15, 0.2) is 36.5 Å². The van der Waals surface area contributed by atoms with Gasteiger partial charge < -0.3 is 10.1 Å². The van der Waals surface area contributed by atoms with Crippen LogP contribution in [0.5, 0.6) is 0 Å². The topological polar surface area (TPSA) is 66.5 Å². The first kappa shape index (κ1) is 17.8. The molecule has 0 saturated carbocycles. The SMILES string of the molecule is COCCN1CCCC1CNC(=O)Nc1ncc(-c2ccccc2)s1. The van der Waals surface area contributed by atoms with Crippen LogP contribution in [0, 0.1) is 0 Å². The fourth-order valence-electron chi connectivity index (χ4n) is 3.05. The Hall–Kier alpha value is -1.96. The summed E-state index contributed by atoms with van der Waals surface area (Å²) in [6, 6.07) is 10.2. The van der Waals surface area contributed by atoms with Crippen molar-refractivity contribution in [1.29, 1.82) is 0 Å². The van der Waals surface area contributed by atoms with Crippen LogP contribution >= 0.6 is 11.3 Å². The molecule has 0 bridgehead atoms. The van der Waals surface area contributed by atoms with Gasteiger partial charge in [0.25, 0.3) is 0 Å². The third kappa shape index (κ3) is 5.01. The van der Waals surface area contributed by atoms with E-state index in [1.54, 1.807) is 13.3 Å². The predicted octanol–water partition coefficient (Wildman–Crippen LogP) is 3.04. The van der Waals surface area contributed by atoms with Crippen molar-refractivity contribution in [2.24, 2.45) is 0 Å². The van der Waals surface area contributed by atoms with E-state index in [0.29, 0.717) is 17.7 Å². The van der Waals surface area contributed by atoms with Crippen LogP contribution in [0.4, 0.5) is 9.93 Å². The van der Waals surface area contributed by atoms with Crippen LogP contribution in [0.25, 0.3) is 10.4 Å². The number of carbonyl (C=O) groups excluding carboxylic acids is 1. The van der Waals surface area contributed by atoms with Crippen molar-refractivity contribution in [3.05, 3.63) is 36.5 Å². The number of urea groups is 1. The molecular formula is C18H24N4O2S. The summed E-state index contributed by atoms with van der Waals surface area (Å²) in [5.41, 5.74) is 1.10. The van der Waals surface area contributed by atoms with E-state index < -0.39 is 0 Å². The highest BCUT2D eigenvalue weighted by molar-refractivity contribution is 7.19. The molecular weight excluding hydrogens is 336 g/mol. The second-order valence-electron chi connectivity index (χ2n) is 6.06. The smallest absolute Gasteiger partial charge is 0.321 e. The maximum absolute atomic E-state index is 12.1. The van der Waals surface area contributed by atoms with Gasteiger partial charge in [0.1, 0.15) is 0 Å². The molecule has 1 aliphatic heterocycles. The summed E-state index contributed by atoms with van der Waals surface area (Å²) in [7, 11) is 1.72. The number of aromatic nitrogens is 1. The van der Waals surface area contributed by atoms with Crippen molar-refractivity contribution in [1.82, 2.24) is 15.2 Å². The van der Waals surface area contributed by atoms with Gasteiger partial charge in [-0.05, 0) is 24.9 Å². The van der Waals surface area contributed by atoms with Crippen LogP contribution in [0.3, 0.4) is 0 Å². The summed E-state index contributed by atoms with van der Waals surface area (Å²) < 4.78 is 5.15. The van der Waals surface area contributed by atoms with Crippen molar-refractivity contribution >= 4 is 22.5 Å². The van der Waals surface area contributed by atoms with Crippen molar-refractivity contribution in [3.63, 3.8) is 0 Å². The number of amides is 2. The van der Waals surface area contributed by atoms with Crippen LogP contribution in [0.2, 0.25) is 0 Å². The summed E-state index contributed by atoms with van der Waals surface area (Å²) >= 11 is 1.47. The molecule has 1 fully saturated rings. The minimum absolute atomic E-state index is 0.201. The molecule has 0 aliphatic carbocycles. The van der Waals surface area contributed by atoms with E-state index in [0.717, 1.165) is 36.6 Å². The number of thiazole rings is 1. The van der Waals surface area contributed by atoms with E-state index >= 15 is 0 Å². The summed E-state index contributed by atoms with van der Waals surface area (Å²) in [5, 5.41) is 6.40. The van der Waals surface area contributed by atoms with E-state index in [1.165, 1.54) is 17.8 Å². The van der Waals surface area contributed by atoms with Gasteiger partial charge in [-0.1, -0.05) is 41.7 Å². The Kier molecular flexibility index (Phi) is 6.38. The minimum atomic E-state index is -0.201. The van der Waals surface area contributed by atoms with Crippen LogP contribution in [-0.2, 0) is 4.74 Å². The summed E-state index contributed by atoms with van der Waals surface area (Å²) in [5.74, 6) is 0. The number of hydrogen-bond donors (Lipinski definition) is 2. The van der Waals surface area contributed by atoms with E-state index in [4.69, 9.17) is 4.74 Å². The third-order valence-corrected chi connectivity index (χ3v) is 5.33. The normalized spacial score (nSPS) is 17.6. The number of carbonyl (C=O) groups is 1.